The molecule has 0 aliphatic rings. The molecule has 0 radical (unpaired) electrons. The summed E-state index contributed by atoms with van der Waals surface area (Å²) in [5.74, 6) is 0.714. The van der Waals surface area contributed by atoms with E-state index in [-0.39, 0.29) is 6.01 Å². The minimum Gasteiger partial charge on any atom is -0.423 e. The molecule has 3 nitrogen and oxygen atoms in total. The van der Waals surface area contributed by atoms with E-state index in [9.17, 15) is 0 Å². The van der Waals surface area contributed by atoms with E-state index < -0.39 is 0 Å². The molecule has 3 aromatic rings. The zero-order valence-electron chi connectivity index (χ0n) is 11.6. The number of benzene rings is 2. The molecule has 100 valence electrons. The third-order valence-electron chi connectivity index (χ3n) is 3.28. The zero-order valence-corrected chi connectivity index (χ0v) is 11.6. The van der Waals surface area contributed by atoms with Gasteiger partial charge in [0.2, 0.25) is 0 Å². The fourth-order valence-electron chi connectivity index (χ4n) is 2.14. The topological polar surface area (TPSA) is 52.0 Å². The third kappa shape index (κ3) is 2.30. The Bertz CT molecular complexity index is 662. The molecule has 2 N–H and O–H groups in total. The van der Waals surface area contributed by atoms with Crippen LogP contribution in [0.15, 0.2) is 52.9 Å². The zero-order chi connectivity index (χ0) is 14.1. The minimum atomic E-state index is 0.191. The van der Waals surface area contributed by atoms with Crippen molar-refractivity contribution < 1.29 is 4.42 Å². The molecule has 3 rings (SSSR count). The van der Waals surface area contributed by atoms with Gasteiger partial charge in [-0.2, -0.15) is 4.98 Å². The highest BCUT2D eigenvalue weighted by Crippen LogP contribution is 2.33. The van der Waals surface area contributed by atoms with Crippen molar-refractivity contribution in [1.82, 2.24) is 4.98 Å². The van der Waals surface area contributed by atoms with E-state index in [0.29, 0.717) is 5.76 Å². The Kier molecular flexibility index (Phi) is 3.03. The number of nitrogens with zero attached hydrogens (tertiary/aromatic N) is 1. The van der Waals surface area contributed by atoms with Crippen LogP contribution in [-0.4, -0.2) is 4.98 Å². The van der Waals surface area contributed by atoms with E-state index in [1.165, 1.54) is 11.1 Å². The highest BCUT2D eigenvalue weighted by Gasteiger charge is 2.15. The van der Waals surface area contributed by atoms with Gasteiger partial charge in [0.05, 0.1) is 0 Å². The highest BCUT2D eigenvalue weighted by atomic mass is 16.4. The minimum absolute atomic E-state index is 0.191. The van der Waals surface area contributed by atoms with Gasteiger partial charge in [-0.25, -0.2) is 0 Å². The van der Waals surface area contributed by atoms with E-state index >= 15 is 0 Å². The van der Waals surface area contributed by atoms with Crippen LogP contribution in [0.5, 0.6) is 0 Å². The van der Waals surface area contributed by atoms with Crippen LogP contribution >= 0.6 is 0 Å². The lowest BCUT2D eigenvalue weighted by Gasteiger charge is -2.02. The summed E-state index contributed by atoms with van der Waals surface area (Å²) in [6.07, 6.45) is 0. The standard InChI is InChI=1S/C17H16N2O/c1-11-3-7-13(8-4-11)15-16(20-17(18)19-15)14-9-5-12(2)6-10-14/h3-10H,1-2H3,(H2,18,19). The fourth-order valence-corrected chi connectivity index (χ4v) is 2.14. The van der Waals surface area contributed by atoms with Crippen molar-refractivity contribution in [1.29, 1.82) is 0 Å². The van der Waals surface area contributed by atoms with Gasteiger partial charge in [0.15, 0.2) is 5.76 Å². The summed E-state index contributed by atoms with van der Waals surface area (Å²) in [5.41, 5.74) is 10.9. The summed E-state index contributed by atoms with van der Waals surface area (Å²) in [7, 11) is 0. The Morgan fingerprint density at radius 1 is 0.800 bits per heavy atom. The van der Waals surface area contributed by atoms with Gasteiger partial charge < -0.3 is 10.2 Å². The molecule has 0 unspecified atom stereocenters. The predicted molar refractivity (Wildman–Crippen MR) is 81.3 cm³/mol. The summed E-state index contributed by atoms with van der Waals surface area (Å²) in [6, 6.07) is 16.5. The predicted octanol–water partition coefficient (Wildman–Crippen LogP) is 4.21. The maximum Gasteiger partial charge on any atom is 0.293 e. The number of rotatable bonds is 2. The van der Waals surface area contributed by atoms with Crippen molar-refractivity contribution >= 4 is 6.01 Å². The van der Waals surface area contributed by atoms with Crippen molar-refractivity contribution in [2.75, 3.05) is 5.73 Å². The van der Waals surface area contributed by atoms with Crippen LogP contribution in [0.25, 0.3) is 22.6 Å². The lowest BCUT2D eigenvalue weighted by atomic mass is 10.0. The van der Waals surface area contributed by atoms with Crippen molar-refractivity contribution in [3.63, 3.8) is 0 Å². The van der Waals surface area contributed by atoms with Gasteiger partial charge in [-0.15, -0.1) is 0 Å². The first-order valence-electron chi connectivity index (χ1n) is 6.54. The number of hydrogen-bond acceptors (Lipinski definition) is 3. The van der Waals surface area contributed by atoms with Crippen molar-refractivity contribution in [2.24, 2.45) is 0 Å². The van der Waals surface area contributed by atoms with Crippen molar-refractivity contribution in [2.45, 2.75) is 13.8 Å². The van der Waals surface area contributed by atoms with Crippen LogP contribution in [0.1, 0.15) is 11.1 Å². The maximum absolute atomic E-state index is 5.74. The summed E-state index contributed by atoms with van der Waals surface area (Å²) in [4.78, 5) is 4.32. The van der Waals surface area contributed by atoms with Crippen LogP contribution in [0.4, 0.5) is 6.01 Å². The molecule has 2 aromatic carbocycles. The first-order chi connectivity index (χ1) is 9.63. The Labute approximate surface area is 118 Å². The van der Waals surface area contributed by atoms with Crippen LogP contribution < -0.4 is 5.73 Å². The normalized spacial score (nSPS) is 10.7. The van der Waals surface area contributed by atoms with Gasteiger partial charge >= 0.3 is 0 Å². The van der Waals surface area contributed by atoms with E-state index in [1.54, 1.807) is 0 Å². The van der Waals surface area contributed by atoms with E-state index in [2.05, 4.69) is 31.0 Å². The summed E-state index contributed by atoms with van der Waals surface area (Å²) < 4.78 is 5.59. The second kappa shape index (κ2) is 4.85. The molecule has 0 aliphatic heterocycles. The lowest BCUT2D eigenvalue weighted by Crippen LogP contribution is -1.85. The second-order valence-corrected chi connectivity index (χ2v) is 4.96. The van der Waals surface area contributed by atoms with Crippen LogP contribution in [0.2, 0.25) is 0 Å². The van der Waals surface area contributed by atoms with Gasteiger partial charge in [0.1, 0.15) is 5.69 Å². The van der Waals surface area contributed by atoms with Gasteiger partial charge in [-0.05, 0) is 13.8 Å². The van der Waals surface area contributed by atoms with Gasteiger partial charge in [0.25, 0.3) is 6.01 Å². The molecular weight excluding hydrogens is 248 g/mol. The van der Waals surface area contributed by atoms with Crippen LogP contribution in [-0.2, 0) is 0 Å². The number of hydrogen-bond donors (Lipinski definition) is 1. The van der Waals surface area contributed by atoms with E-state index in [1.807, 2.05) is 36.4 Å². The molecule has 0 amide bonds. The molecule has 0 saturated carbocycles. The third-order valence-corrected chi connectivity index (χ3v) is 3.28. The monoisotopic (exact) mass is 264 g/mol. The lowest BCUT2D eigenvalue weighted by molar-refractivity contribution is 0.595. The average molecular weight is 264 g/mol. The van der Waals surface area contributed by atoms with Gasteiger partial charge in [0, 0.05) is 11.1 Å². The molecule has 0 spiro atoms. The van der Waals surface area contributed by atoms with E-state index in [0.717, 1.165) is 16.8 Å². The maximum atomic E-state index is 5.74. The molecule has 3 heteroatoms. The number of nitrogens with two attached hydrogens (primary N) is 1. The summed E-state index contributed by atoms with van der Waals surface area (Å²) >= 11 is 0. The summed E-state index contributed by atoms with van der Waals surface area (Å²) in [5, 5.41) is 0. The molecule has 20 heavy (non-hydrogen) atoms. The Balaban J connectivity index is 2.12. The average Bonchev–Trinajstić information content (AvgIpc) is 2.82. The second-order valence-electron chi connectivity index (χ2n) is 4.96. The quantitative estimate of drug-likeness (QED) is 0.754. The first kappa shape index (κ1) is 12.5. The molecule has 1 heterocycles. The first-order valence-corrected chi connectivity index (χ1v) is 6.54. The molecule has 0 fully saturated rings. The molecule has 0 bridgehead atoms. The number of oxazole rings is 1. The Morgan fingerprint density at radius 3 is 1.85 bits per heavy atom. The smallest absolute Gasteiger partial charge is 0.293 e. The molecule has 0 atom stereocenters. The fraction of sp³-hybridized carbons (Fsp3) is 0.118. The SMILES string of the molecule is Cc1ccc(-c2nc(N)oc2-c2ccc(C)cc2)cc1. The number of anilines is 1. The largest absolute Gasteiger partial charge is 0.423 e. The molecule has 0 saturated heterocycles. The molecule has 0 aliphatic carbocycles. The highest BCUT2D eigenvalue weighted by molar-refractivity contribution is 5.78. The van der Waals surface area contributed by atoms with Gasteiger partial charge in [-0.3, -0.25) is 0 Å². The van der Waals surface area contributed by atoms with Crippen molar-refractivity contribution in [3.05, 3.63) is 59.7 Å². The Hall–Kier alpha value is -2.55. The van der Waals surface area contributed by atoms with E-state index in [4.69, 9.17) is 10.2 Å². The number of aryl methyl sites for hydroxylation is 2. The number of nitrogen functional groups attached to an aromatic ring is 1. The molecule has 1 aromatic heterocycles. The van der Waals surface area contributed by atoms with Crippen LogP contribution in [0, 0.1) is 13.8 Å². The van der Waals surface area contributed by atoms with Crippen LogP contribution in [0.3, 0.4) is 0 Å². The van der Waals surface area contributed by atoms with Gasteiger partial charge in [-0.1, -0.05) is 59.7 Å². The van der Waals surface area contributed by atoms with Crippen molar-refractivity contribution in [3.8, 4) is 22.6 Å². The number of aromatic nitrogens is 1. The molecular formula is C17H16N2O. The summed E-state index contributed by atoms with van der Waals surface area (Å²) in [6.45, 7) is 4.11. The Morgan fingerprint density at radius 2 is 1.30 bits per heavy atom.